The predicted octanol–water partition coefficient (Wildman–Crippen LogP) is 20.3. The van der Waals surface area contributed by atoms with E-state index >= 15 is 0 Å². The van der Waals surface area contributed by atoms with Crippen molar-refractivity contribution in [1.82, 2.24) is 9.97 Å². The maximum Gasteiger partial charge on any atom is 0.300 e. The van der Waals surface area contributed by atoms with Crippen LogP contribution in [-0.4, -0.2) is 60.6 Å². The van der Waals surface area contributed by atoms with Gasteiger partial charge < -0.3 is 50.2 Å². The van der Waals surface area contributed by atoms with Gasteiger partial charge in [-0.1, -0.05) is 108 Å². The van der Waals surface area contributed by atoms with Crippen molar-refractivity contribution in [2.45, 2.75) is 28.7 Å². The van der Waals surface area contributed by atoms with Crippen molar-refractivity contribution in [2.75, 3.05) is 39.5 Å². The molecule has 22 heteroatoms. The van der Waals surface area contributed by atoms with Crippen LogP contribution in [0, 0.1) is 3.57 Å². The first kappa shape index (κ1) is 72.8. The zero-order valence-electron chi connectivity index (χ0n) is 42.0. The molecule has 2 aromatic heterocycles. The first-order valence-electron chi connectivity index (χ1n) is 22.2. The molecule has 430 valence electrons. The number of aromatic nitrogens is 2. The number of rotatable bonds is 6. The molecule has 12 nitrogen and oxygen atoms in total. The standard InChI is InChI=1S/2C13H9Cl2NO.C13H11Cl2NO.C7H8ClNO.C6H4ClI.2C2H4O2.2CH4.Pd/c1-17-13-9(15)3-5-11-12(13)8-6-7(14)2-4-10(8)16-11;1-17-13-6-12-9(5-10(13)15)8-4-7(14)2-3-11(8)16-12;1-17-13-8-11(6-7-12(13)15)16-10-4-2-9(14)3-5-10;1-10-7-4-5(9)2-3-6(7)8;7-5-1-3-6(8)4-2-5;2*1-2(3)4;;;/h2*2-6,16H,1H3;2-8,16H,1H3;2-4H,9H2,1H3;1-4H;2*1H3,(H,3,4);2*1H4;. The molecule has 0 aliphatic heterocycles. The topological polar surface area (TPSA) is 181 Å². The Balaban J connectivity index is 0.000000489. The molecule has 8 aromatic carbocycles. The number of nitrogens with two attached hydrogens (primary N) is 1. The molecule has 0 spiro atoms. The Morgan fingerprint density at radius 2 is 0.863 bits per heavy atom. The Morgan fingerprint density at radius 1 is 0.463 bits per heavy atom. The smallest absolute Gasteiger partial charge is 0.300 e. The minimum atomic E-state index is -0.833. The maximum absolute atomic E-state index is 9.00. The molecule has 0 aliphatic rings. The van der Waals surface area contributed by atoms with Crippen LogP contribution in [0.3, 0.4) is 0 Å². The van der Waals surface area contributed by atoms with E-state index in [-0.39, 0.29) is 35.3 Å². The van der Waals surface area contributed by atoms with Gasteiger partial charge in [-0.25, -0.2) is 0 Å². The van der Waals surface area contributed by atoms with E-state index in [1.807, 2.05) is 121 Å². The van der Waals surface area contributed by atoms with Crippen LogP contribution in [-0.2, 0) is 30.0 Å². The molecule has 0 bridgehead atoms. The summed E-state index contributed by atoms with van der Waals surface area (Å²) in [4.78, 5) is 24.6. The van der Waals surface area contributed by atoms with Crippen LogP contribution < -0.4 is 30.0 Å². The summed E-state index contributed by atoms with van der Waals surface area (Å²) in [6.45, 7) is 2.17. The molecule has 10 aromatic rings. The second-order valence-corrected chi connectivity index (χ2v) is 20.1. The third kappa shape index (κ3) is 23.0. The normalized spacial score (nSPS) is 9.64. The molecular formula is C58H57Cl8IN4O8Pd. The first-order valence-corrected chi connectivity index (χ1v) is 26.3. The second kappa shape index (κ2) is 36.3. The number of aliphatic carboxylic acids is 2. The molecule has 7 N–H and O–H groups in total. The monoisotopic (exact) mass is 1450 g/mol. The van der Waals surface area contributed by atoms with Crippen molar-refractivity contribution < 1.29 is 59.2 Å². The van der Waals surface area contributed by atoms with E-state index in [4.69, 9.17) is 137 Å². The molecule has 0 atom stereocenters. The minimum Gasteiger partial charge on any atom is -0.495 e. The summed E-state index contributed by atoms with van der Waals surface area (Å²) in [6.07, 6.45) is 0. The zero-order chi connectivity index (χ0) is 56.9. The molecule has 0 amide bonds. The van der Waals surface area contributed by atoms with Gasteiger partial charge in [-0.05, 0) is 150 Å². The fourth-order valence-corrected chi connectivity index (χ4v) is 8.50. The number of hydrogen-bond donors (Lipinski definition) is 6. The Kier molecular flexibility index (Phi) is 33.1. The molecule has 0 aliphatic carbocycles. The molecular weight excluding hydrogens is 1400 g/mol. The van der Waals surface area contributed by atoms with Crippen molar-refractivity contribution in [2.24, 2.45) is 0 Å². The van der Waals surface area contributed by atoms with E-state index in [2.05, 4.69) is 37.9 Å². The third-order valence-corrected chi connectivity index (χ3v) is 12.8. The van der Waals surface area contributed by atoms with E-state index in [0.29, 0.717) is 63.8 Å². The van der Waals surface area contributed by atoms with Gasteiger partial charge in [0.15, 0.2) is 0 Å². The number of ether oxygens (including phenoxy) is 4. The predicted molar refractivity (Wildman–Crippen MR) is 344 cm³/mol. The van der Waals surface area contributed by atoms with Crippen molar-refractivity contribution in [1.29, 1.82) is 0 Å². The Labute approximate surface area is 532 Å². The molecule has 0 unspecified atom stereocenters. The Morgan fingerprint density at radius 3 is 1.36 bits per heavy atom. The largest absolute Gasteiger partial charge is 0.495 e. The van der Waals surface area contributed by atoms with Gasteiger partial charge in [-0.3, -0.25) is 9.59 Å². The SMILES string of the molecule is C.C.CC(=O)O.CC(=O)O.COc1c(Cl)ccc2[nH]c3ccc(Cl)cc3c12.COc1cc(N)ccc1Cl.COc1cc(Nc2ccc(Cl)cc2)ccc1Cl.COc1cc2[nH]c3ccc(Cl)cc3c2cc1Cl.Clc1ccc(I)cc1.[Pd]. The van der Waals surface area contributed by atoms with Crippen molar-refractivity contribution in [3.63, 3.8) is 0 Å². The second-order valence-electron chi connectivity index (χ2n) is 15.5. The number of methoxy groups -OCH3 is 4. The van der Waals surface area contributed by atoms with Gasteiger partial charge in [0.2, 0.25) is 0 Å². The van der Waals surface area contributed by atoms with Gasteiger partial charge >= 0.3 is 0 Å². The Hall–Kier alpha value is -5.19. The van der Waals surface area contributed by atoms with E-state index in [1.165, 1.54) is 3.57 Å². The van der Waals surface area contributed by atoms with Gasteiger partial charge in [0.05, 0.1) is 64.9 Å². The molecule has 0 fully saturated rings. The molecule has 2 heterocycles. The fourth-order valence-electron chi connectivity index (χ4n) is 6.68. The van der Waals surface area contributed by atoms with Crippen molar-refractivity contribution >= 4 is 188 Å². The van der Waals surface area contributed by atoms with Gasteiger partial charge in [-0.2, -0.15) is 0 Å². The molecule has 0 saturated heterocycles. The van der Waals surface area contributed by atoms with E-state index in [0.717, 1.165) is 73.9 Å². The summed E-state index contributed by atoms with van der Waals surface area (Å²) in [7, 11) is 6.37. The number of carboxylic acid groups (broad SMARTS) is 2. The van der Waals surface area contributed by atoms with Gasteiger partial charge in [-0.15, -0.1) is 0 Å². The van der Waals surface area contributed by atoms with Crippen LogP contribution >= 0.6 is 115 Å². The number of carboxylic acids is 2. The Bertz CT molecular complexity index is 3530. The number of H-pyrrole nitrogens is 2. The van der Waals surface area contributed by atoms with E-state index < -0.39 is 11.9 Å². The average molecular weight is 1460 g/mol. The number of anilines is 3. The number of halogens is 9. The number of benzene rings is 8. The number of hydrogen-bond acceptors (Lipinski definition) is 8. The summed E-state index contributed by atoms with van der Waals surface area (Å²) in [6, 6.07) is 44.8. The van der Waals surface area contributed by atoms with Gasteiger partial charge in [0.25, 0.3) is 11.9 Å². The zero-order valence-corrected chi connectivity index (χ0v) is 51.8. The van der Waals surface area contributed by atoms with Gasteiger partial charge in [0.1, 0.15) is 23.0 Å². The number of carbonyl (C=O) groups is 2. The average Bonchev–Trinajstić information content (AvgIpc) is 3.93. The molecule has 0 radical (unpaired) electrons. The van der Waals surface area contributed by atoms with Crippen LogP contribution in [0.1, 0.15) is 28.7 Å². The summed E-state index contributed by atoms with van der Waals surface area (Å²) in [5.41, 5.74) is 12.0. The maximum atomic E-state index is 9.00. The number of fused-ring (bicyclic) bond motifs is 6. The third-order valence-electron chi connectivity index (χ3n) is 9.93. The summed E-state index contributed by atoms with van der Waals surface area (Å²) in [5.74, 6) is 0.932. The van der Waals surface area contributed by atoms with Crippen LogP contribution in [0.5, 0.6) is 23.0 Å². The van der Waals surface area contributed by atoms with E-state index in [9.17, 15) is 0 Å². The number of nitrogen functional groups attached to an aromatic ring is 1. The van der Waals surface area contributed by atoms with Gasteiger partial charge in [0, 0.05) is 120 Å². The summed E-state index contributed by atoms with van der Waals surface area (Å²) >= 11 is 49.6. The quantitative estimate of drug-likeness (QED) is 0.0533. The van der Waals surface area contributed by atoms with Crippen molar-refractivity contribution in [3.05, 3.63) is 189 Å². The van der Waals surface area contributed by atoms with Crippen LogP contribution in [0.2, 0.25) is 40.2 Å². The molecule has 80 heavy (non-hydrogen) atoms. The number of aromatic amines is 2. The fraction of sp³-hybridized carbons (Fsp3) is 0.138. The van der Waals surface area contributed by atoms with Crippen molar-refractivity contribution in [3.8, 4) is 23.0 Å². The summed E-state index contributed by atoms with van der Waals surface area (Å²) < 4.78 is 21.8. The summed E-state index contributed by atoms with van der Waals surface area (Å²) in [5, 5.41) is 27.5. The van der Waals surface area contributed by atoms with E-state index in [1.54, 1.807) is 52.7 Å². The number of nitrogens with one attached hydrogen (secondary N) is 3. The first-order chi connectivity index (χ1) is 36.6. The minimum absolute atomic E-state index is 0. The van der Waals surface area contributed by atoms with Crippen LogP contribution in [0.15, 0.2) is 146 Å². The molecule has 10 rings (SSSR count). The van der Waals surface area contributed by atoms with Crippen LogP contribution in [0.25, 0.3) is 43.6 Å². The molecule has 0 saturated carbocycles. The van der Waals surface area contributed by atoms with Crippen LogP contribution in [0.4, 0.5) is 17.1 Å².